The molecule has 1 aliphatic heterocycles. The first kappa shape index (κ1) is 11.8. The number of hydrogen-bond donors (Lipinski definition) is 0. The maximum atomic E-state index is 12.8. The van der Waals surface area contributed by atoms with Crippen LogP contribution >= 0.6 is 11.6 Å². The second kappa shape index (κ2) is 6.45. The molecule has 2 heterocycles. The number of anilines is 1. The minimum absolute atomic E-state index is 0.0347. The number of ether oxygens (including phenoxy) is 1. The van der Waals surface area contributed by atoms with Crippen LogP contribution in [-0.4, -0.2) is 34.5 Å². The lowest BCUT2D eigenvalue weighted by Gasteiger charge is -2.27. The molecule has 124 valence electrons. The van der Waals surface area contributed by atoms with Crippen molar-refractivity contribution in [2.24, 2.45) is 18.1 Å². The van der Waals surface area contributed by atoms with E-state index in [2.05, 4.69) is 10.2 Å². The van der Waals surface area contributed by atoms with E-state index in [1.807, 2.05) is 0 Å². The number of rotatable bonds is 3. The Morgan fingerprint density at radius 2 is 2.12 bits per heavy atom. The molecule has 0 spiro atoms. The summed E-state index contributed by atoms with van der Waals surface area (Å²) in [4.78, 5) is 24.9. The van der Waals surface area contributed by atoms with E-state index in [9.17, 15) is 9.59 Å². The SMILES string of the molecule is [2H]c1c([2H])c(C2=NN(c3cnn(C)c3)C(=O)C(C(=O)OC)C2)c([2H])c([2H])c1Cl. The molecule has 3 rings (SSSR count). The molecule has 1 aliphatic rings. The first-order chi connectivity index (χ1) is 13.2. The van der Waals surface area contributed by atoms with Crippen molar-refractivity contribution >= 4 is 34.9 Å². The van der Waals surface area contributed by atoms with Crippen LogP contribution in [0.3, 0.4) is 0 Å². The van der Waals surface area contributed by atoms with Crippen LogP contribution in [0.5, 0.6) is 0 Å². The summed E-state index contributed by atoms with van der Waals surface area (Å²) in [7, 11) is 2.79. The third-order valence-electron chi connectivity index (χ3n) is 3.43. The van der Waals surface area contributed by atoms with Gasteiger partial charge in [-0.1, -0.05) is 23.7 Å². The Labute approximate surface area is 149 Å². The molecule has 1 aromatic heterocycles. The summed E-state index contributed by atoms with van der Waals surface area (Å²) >= 11 is 5.85. The summed E-state index contributed by atoms with van der Waals surface area (Å²) < 4.78 is 38.3. The van der Waals surface area contributed by atoms with Crippen molar-refractivity contribution in [2.75, 3.05) is 12.1 Å². The van der Waals surface area contributed by atoms with Gasteiger partial charge in [0, 0.05) is 18.5 Å². The molecule has 0 N–H and O–H groups in total. The molecule has 2 aromatic rings. The number of amides is 1. The lowest BCUT2D eigenvalue weighted by atomic mass is 9.95. The molecular formula is C16H15ClN4O3. The number of carbonyl (C=O) groups is 2. The van der Waals surface area contributed by atoms with Gasteiger partial charge in [0.15, 0.2) is 0 Å². The van der Waals surface area contributed by atoms with Crippen LogP contribution in [0, 0.1) is 5.92 Å². The van der Waals surface area contributed by atoms with E-state index in [1.54, 1.807) is 7.05 Å². The van der Waals surface area contributed by atoms with E-state index >= 15 is 0 Å². The Bertz CT molecular complexity index is 995. The van der Waals surface area contributed by atoms with Crippen molar-refractivity contribution < 1.29 is 19.8 Å². The Morgan fingerprint density at radius 1 is 1.42 bits per heavy atom. The fourth-order valence-corrected chi connectivity index (χ4v) is 2.36. The maximum Gasteiger partial charge on any atom is 0.318 e. The normalized spacial score (nSPS) is 20.0. The van der Waals surface area contributed by atoms with Gasteiger partial charge in [-0.25, -0.2) is 0 Å². The van der Waals surface area contributed by atoms with E-state index in [1.165, 1.54) is 17.1 Å². The first-order valence-corrected chi connectivity index (χ1v) is 7.29. The van der Waals surface area contributed by atoms with E-state index in [4.69, 9.17) is 21.8 Å². The van der Waals surface area contributed by atoms with Gasteiger partial charge < -0.3 is 4.74 Å². The number of aromatic nitrogens is 2. The first-order valence-electron chi connectivity index (χ1n) is 8.91. The van der Waals surface area contributed by atoms with Crippen molar-refractivity contribution in [2.45, 2.75) is 6.42 Å². The molecular weight excluding hydrogens is 332 g/mol. The Morgan fingerprint density at radius 3 is 2.71 bits per heavy atom. The zero-order chi connectivity index (χ0) is 20.7. The van der Waals surface area contributed by atoms with Gasteiger partial charge in [0.1, 0.15) is 11.6 Å². The minimum atomic E-state index is -1.25. The van der Waals surface area contributed by atoms with Crippen LogP contribution < -0.4 is 5.01 Å². The molecule has 1 amide bonds. The maximum absolute atomic E-state index is 12.8. The number of methoxy groups -OCH3 is 1. The molecule has 0 bridgehead atoms. The van der Waals surface area contributed by atoms with Crippen LogP contribution in [0.4, 0.5) is 5.69 Å². The fraction of sp³-hybridized carbons (Fsp3) is 0.250. The lowest BCUT2D eigenvalue weighted by molar-refractivity contribution is -0.149. The second-order valence-electron chi connectivity index (χ2n) is 5.04. The van der Waals surface area contributed by atoms with Gasteiger partial charge in [-0.05, 0) is 17.6 Å². The topological polar surface area (TPSA) is 76.8 Å². The van der Waals surface area contributed by atoms with Gasteiger partial charge in [-0.15, -0.1) is 0 Å². The van der Waals surface area contributed by atoms with E-state index in [0.29, 0.717) is 0 Å². The standard InChI is InChI=1S/C16H15ClN4O3/c1-20-9-12(8-18-20)21-15(22)13(16(23)24-2)7-14(19-21)10-3-5-11(17)6-4-10/h3-6,8-9,13H,7H2,1-2H3/i3D,4D,5D,6D. The summed E-state index contributed by atoms with van der Waals surface area (Å²) in [5.41, 5.74) is 0.185. The zero-order valence-electron chi connectivity index (χ0n) is 16.8. The monoisotopic (exact) mass is 350 g/mol. The number of hydrazone groups is 1. The number of aryl methyl sites for hydroxylation is 1. The average Bonchev–Trinajstić information content (AvgIpc) is 3.11. The molecule has 0 saturated heterocycles. The van der Waals surface area contributed by atoms with Gasteiger partial charge in [0.05, 0.1) is 30.7 Å². The van der Waals surface area contributed by atoms with E-state index < -0.39 is 42.0 Å². The molecule has 0 radical (unpaired) electrons. The van der Waals surface area contributed by atoms with Gasteiger partial charge in [0.25, 0.3) is 5.91 Å². The summed E-state index contributed by atoms with van der Waals surface area (Å²) in [6, 6.07) is -1.68. The van der Waals surface area contributed by atoms with Gasteiger partial charge in [-0.3, -0.25) is 14.3 Å². The highest BCUT2D eigenvalue weighted by Gasteiger charge is 2.38. The highest BCUT2D eigenvalue weighted by Crippen LogP contribution is 2.26. The number of benzene rings is 1. The summed E-state index contributed by atoms with van der Waals surface area (Å²) in [5, 5.41) is 8.81. The summed E-state index contributed by atoms with van der Waals surface area (Å²) in [6.07, 6.45) is 2.64. The van der Waals surface area contributed by atoms with Crippen molar-refractivity contribution in [3.8, 4) is 0 Å². The number of esters is 1. The smallest absolute Gasteiger partial charge is 0.318 e. The molecule has 1 unspecified atom stereocenters. The Kier molecular flexibility index (Phi) is 3.17. The fourth-order valence-electron chi connectivity index (χ4n) is 2.26. The largest absolute Gasteiger partial charge is 0.468 e. The van der Waals surface area contributed by atoms with E-state index in [-0.39, 0.29) is 28.4 Å². The van der Waals surface area contributed by atoms with Crippen molar-refractivity contribution in [3.05, 3.63) is 47.1 Å². The molecule has 7 nitrogen and oxygen atoms in total. The molecule has 1 atom stereocenters. The van der Waals surface area contributed by atoms with Gasteiger partial charge >= 0.3 is 5.97 Å². The number of hydrogen-bond acceptors (Lipinski definition) is 5. The minimum Gasteiger partial charge on any atom is -0.468 e. The Balaban J connectivity index is 2.22. The van der Waals surface area contributed by atoms with Crippen LogP contribution in [0.2, 0.25) is 5.02 Å². The van der Waals surface area contributed by atoms with E-state index in [0.717, 1.165) is 12.1 Å². The van der Waals surface area contributed by atoms with Gasteiger partial charge in [0.2, 0.25) is 0 Å². The predicted molar refractivity (Wildman–Crippen MR) is 88.8 cm³/mol. The molecule has 1 aromatic carbocycles. The lowest BCUT2D eigenvalue weighted by Crippen LogP contribution is -2.42. The second-order valence-corrected chi connectivity index (χ2v) is 5.42. The quantitative estimate of drug-likeness (QED) is 0.626. The summed E-state index contributed by atoms with van der Waals surface area (Å²) in [6.45, 7) is 0. The zero-order valence-corrected chi connectivity index (χ0v) is 13.6. The van der Waals surface area contributed by atoms with Crippen molar-refractivity contribution in [3.63, 3.8) is 0 Å². The summed E-state index contributed by atoms with van der Waals surface area (Å²) in [5.74, 6) is -2.70. The van der Waals surface area contributed by atoms with Crippen LogP contribution in [0.15, 0.2) is 41.7 Å². The van der Waals surface area contributed by atoms with Crippen LogP contribution in [-0.2, 0) is 21.4 Å². The predicted octanol–water partition coefficient (Wildman–Crippen LogP) is 2.00. The van der Waals surface area contributed by atoms with Gasteiger partial charge in [-0.2, -0.15) is 15.2 Å². The molecule has 8 heteroatoms. The highest BCUT2D eigenvalue weighted by atomic mass is 35.5. The number of halogens is 1. The Hall–Kier alpha value is -2.67. The highest BCUT2D eigenvalue weighted by molar-refractivity contribution is 6.30. The van der Waals surface area contributed by atoms with Crippen LogP contribution in [0.25, 0.3) is 0 Å². The molecule has 24 heavy (non-hydrogen) atoms. The third kappa shape index (κ3) is 3.03. The molecule has 0 saturated carbocycles. The number of nitrogens with zero attached hydrogens (tertiary/aromatic N) is 4. The van der Waals surface area contributed by atoms with Crippen molar-refractivity contribution in [1.82, 2.24) is 9.78 Å². The van der Waals surface area contributed by atoms with Crippen molar-refractivity contribution in [1.29, 1.82) is 0 Å². The molecule has 0 aliphatic carbocycles. The third-order valence-corrected chi connectivity index (χ3v) is 3.62. The number of carbonyl (C=O) groups excluding carboxylic acids is 2. The van der Waals surface area contributed by atoms with Crippen LogP contribution in [0.1, 0.15) is 17.5 Å². The molecule has 0 fully saturated rings. The average molecular weight is 351 g/mol.